The molecule has 1 N–H and O–H groups in total. The topological polar surface area (TPSA) is 17.3 Å². The Kier molecular flexibility index (Phi) is 5.05. The van der Waals surface area contributed by atoms with Crippen LogP contribution in [0.15, 0.2) is 36.0 Å². The van der Waals surface area contributed by atoms with Gasteiger partial charge in [-0.1, -0.05) is 12.1 Å². The van der Waals surface area contributed by atoms with Crippen LogP contribution in [-0.4, -0.2) is 25.1 Å². The van der Waals surface area contributed by atoms with E-state index in [9.17, 15) is 0 Å². The Labute approximate surface area is 92.6 Å². The summed E-state index contributed by atoms with van der Waals surface area (Å²) in [6, 6.07) is 6.11. The molecule has 0 saturated carbocycles. The van der Waals surface area contributed by atoms with E-state index in [0.29, 0.717) is 0 Å². The molecule has 0 aromatic carbocycles. The molecule has 2 heteroatoms. The van der Waals surface area contributed by atoms with Crippen LogP contribution in [0.1, 0.15) is 19.5 Å². The van der Waals surface area contributed by atoms with Gasteiger partial charge in [-0.05, 0) is 31.6 Å². The SMILES string of the molecule is C/C=C(\C)C[NH+](C)CCc1ccccn1. The van der Waals surface area contributed by atoms with Crippen LogP contribution >= 0.6 is 0 Å². The van der Waals surface area contributed by atoms with E-state index in [1.54, 1.807) is 0 Å². The van der Waals surface area contributed by atoms with Crippen molar-refractivity contribution < 1.29 is 4.90 Å². The molecule has 1 aromatic rings. The number of rotatable bonds is 5. The molecule has 0 aliphatic heterocycles. The number of allylic oxidation sites excluding steroid dienone is 1. The molecule has 15 heavy (non-hydrogen) atoms. The fourth-order valence-electron chi connectivity index (χ4n) is 1.55. The zero-order valence-corrected chi connectivity index (χ0v) is 9.96. The number of likely N-dealkylation sites (N-methyl/N-ethyl adjacent to an activating group) is 1. The molecule has 0 aliphatic carbocycles. The van der Waals surface area contributed by atoms with E-state index in [1.165, 1.54) is 16.2 Å². The van der Waals surface area contributed by atoms with Crippen LogP contribution in [0.5, 0.6) is 0 Å². The molecule has 82 valence electrons. The zero-order valence-electron chi connectivity index (χ0n) is 9.96. The highest BCUT2D eigenvalue weighted by Crippen LogP contribution is 1.92. The summed E-state index contributed by atoms with van der Waals surface area (Å²) in [4.78, 5) is 5.86. The number of pyridine rings is 1. The fourth-order valence-corrected chi connectivity index (χ4v) is 1.55. The van der Waals surface area contributed by atoms with E-state index in [-0.39, 0.29) is 0 Å². The van der Waals surface area contributed by atoms with Gasteiger partial charge < -0.3 is 4.90 Å². The minimum absolute atomic E-state index is 1.06. The minimum Gasteiger partial charge on any atom is -0.334 e. The lowest BCUT2D eigenvalue weighted by Crippen LogP contribution is -3.09. The van der Waals surface area contributed by atoms with Crippen LogP contribution in [0.2, 0.25) is 0 Å². The molecule has 0 bridgehead atoms. The molecule has 1 rings (SSSR count). The van der Waals surface area contributed by atoms with Crippen molar-refractivity contribution in [1.29, 1.82) is 0 Å². The second kappa shape index (κ2) is 6.36. The van der Waals surface area contributed by atoms with Gasteiger partial charge in [0.2, 0.25) is 0 Å². The van der Waals surface area contributed by atoms with Gasteiger partial charge in [-0.15, -0.1) is 0 Å². The molecule has 0 amide bonds. The molecule has 0 spiro atoms. The van der Waals surface area contributed by atoms with Gasteiger partial charge in [0, 0.05) is 18.3 Å². The van der Waals surface area contributed by atoms with Crippen molar-refractivity contribution >= 4 is 0 Å². The van der Waals surface area contributed by atoms with E-state index in [0.717, 1.165) is 19.5 Å². The van der Waals surface area contributed by atoms with Crippen molar-refractivity contribution in [2.45, 2.75) is 20.3 Å². The number of hydrogen-bond donors (Lipinski definition) is 1. The van der Waals surface area contributed by atoms with Crippen molar-refractivity contribution in [1.82, 2.24) is 4.98 Å². The van der Waals surface area contributed by atoms with Crippen molar-refractivity contribution in [2.75, 3.05) is 20.1 Å². The molecule has 1 atom stereocenters. The van der Waals surface area contributed by atoms with E-state index >= 15 is 0 Å². The standard InChI is InChI=1S/C13H20N2/c1-4-12(2)11-15(3)10-8-13-7-5-6-9-14-13/h4-7,9H,8,10-11H2,1-3H3/p+1/b12-4+. The van der Waals surface area contributed by atoms with Gasteiger partial charge in [-0.25, -0.2) is 0 Å². The maximum absolute atomic E-state index is 4.32. The van der Waals surface area contributed by atoms with Gasteiger partial charge >= 0.3 is 0 Å². The van der Waals surface area contributed by atoms with Crippen LogP contribution in [0.3, 0.4) is 0 Å². The minimum atomic E-state index is 1.06. The molecule has 0 fully saturated rings. The van der Waals surface area contributed by atoms with Gasteiger partial charge in [0.05, 0.1) is 20.1 Å². The van der Waals surface area contributed by atoms with E-state index in [2.05, 4.69) is 44.1 Å². The van der Waals surface area contributed by atoms with Crippen molar-refractivity contribution in [2.24, 2.45) is 0 Å². The first-order valence-electron chi connectivity index (χ1n) is 5.55. The number of nitrogens with one attached hydrogen (secondary N) is 1. The summed E-state index contributed by atoms with van der Waals surface area (Å²) >= 11 is 0. The van der Waals surface area contributed by atoms with E-state index in [4.69, 9.17) is 0 Å². The highest BCUT2D eigenvalue weighted by atomic mass is 15.1. The summed E-state index contributed by atoms with van der Waals surface area (Å²) in [7, 11) is 2.23. The molecule has 1 unspecified atom stereocenters. The Morgan fingerprint density at radius 2 is 2.27 bits per heavy atom. The molecular weight excluding hydrogens is 184 g/mol. The van der Waals surface area contributed by atoms with Crippen LogP contribution < -0.4 is 4.90 Å². The maximum atomic E-state index is 4.32. The smallest absolute Gasteiger partial charge is 0.0982 e. The lowest BCUT2D eigenvalue weighted by atomic mass is 10.2. The second-order valence-electron chi connectivity index (χ2n) is 4.09. The lowest BCUT2D eigenvalue weighted by Gasteiger charge is -2.13. The first-order valence-corrected chi connectivity index (χ1v) is 5.55. The maximum Gasteiger partial charge on any atom is 0.0982 e. The van der Waals surface area contributed by atoms with Gasteiger partial charge in [0.25, 0.3) is 0 Å². The van der Waals surface area contributed by atoms with Crippen LogP contribution in [0, 0.1) is 0 Å². The average molecular weight is 205 g/mol. The molecule has 1 heterocycles. The Morgan fingerprint density at radius 3 is 2.87 bits per heavy atom. The third-order valence-corrected chi connectivity index (χ3v) is 2.61. The number of aromatic nitrogens is 1. The Balaban J connectivity index is 2.31. The lowest BCUT2D eigenvalue weighted by molar-refractivity contribution is -0.874. The Morgan fingerprint density at radius 1 is 1.47 bits per heavy atom. The summed E-state index contributed by atoms with van der Waals surface area (Å²) in [6.07, 6.45) is 5.11. The average Bonchev–Trinajstić information content (AvgIpc) is 2.27. The summed E-state index contributed by atoms with van der Waals surface area (Å²) in [6.45, 7) is 6.55. The quantitative estimate of drug-likeness (QED) is 0.713. The Hall–Kier alpha value is -1.15. The monoisotopic (exact) mass is 205 g/mol. The third kappa shape index (κ3) is 4.75. The van der Waals surface area contributed by atoms with Gasteiger partial charge in [-0.2, -0.15) is 0 Å². The largest absolute Gasteiger partial charge is 0.334 e. The molecule has 0 saturated heterocycles. The number of hydrogen-bond acceptors (Lipinski definition) is 1. The van der Waals surface area contributed by atoms with Crippen molar-refractivity contribution in [3.63, 3.8) is 0 Å². The molecular formula is C13H21N2+. The Bertz CT molecular complexity index is 304. The predicted molar refractivity (Wildman–Crippen MR) is 64.0 cm³/mol. The summed E-state index contributed by atoms with van der Waals surface area (Å²) in [5.74, 6) is 0. The molecule has 2 nitrogen and oxygen atoms in total. The van der Waals surface area contributed by atoms with E-state index < -0.39 is 0 Å². The van der Waals surface area contributed by atoms with Crippen LogP contribution in [0.4, 0.5) is 0 Å². The predicted octanol–water partition coefficient (Wildman–Crippen LogP) is 1.10. The zero-order chi connectivity index (χ0) is 11.1. The first-order chi connectivity index (χ1) is 7.22. The van der Waals surface area contributed by atoms with Crippen molar-refractivity contribution in [3.8, 4) is 0 Å². The van der Waals surface area contributed by atoms with E-state index in [1.807, 2.05) is 12.3 Å². The van der Waals surface area contributed by atoms with Crippen LogP contribution in [-0.2, 0) is 6.42 Å². The van der Waals surface area contributed by atoms with Crippen molar-refractivity contribution in [3.05, 3.63) is 41.7 Å². The summed E-state index contributed by atoms with van der Waals surface area (Å²) < 4.78 is 0. The number of nitrogens with zero attached hydrogens (tertiary/aromatic N) is 1. The first kappa shape index (κ1) is 11.9. The summed E-state index contributed by atoms with van der Waals surface area (Å²) in [5.41, 5.74) is 2.64. The summed E-state index contributed by atoms with van der Waals surface area (Å²) in [5, 5.41) is 0. The normalized spacial score (nSPS) is 13.9. The van der Waals surface area contributed by atoms with Crippen LogP contribution in [0.25, 0.3) is 0 Å². The van der Waals surface area contributed by atoms with Gasteiger partial charge in [0.15, 0.2) is 0 Å². The molecule has 0 aliphatic rings. The molecule has 0 radical (unpaired) electrons. The number of quaternary nitrogens is 1. The highest BCUT2D eigenvalue weighted by molar-refractivity contribution is 5.03. The highest BCUT2D eigenvalue weighted by Gasteiger charge is 2.03. The fraction of sp³-hybridized carbons (Fsp3) is 0.462. The van der Waals surface area contributed by atoms with Gasteiger partial charge in [-0.3, -0.25) is 4.98 Å². The molecule has 1 aromatic heterocycles. The second-order valence-corrected chi connectivity index (χ2v) is 4.09. The third-order valence-electron chi connectivity index (χ3n) is 2.61. The van der Waals surface area contributed by atoms with Gasteiger partial charge in [0.1, 0.15) is 0 Å².